The van der Waals surface area contributed by atoms with Gasteiger partial charge in [0.25, 0.3) is 0 Å². The highest BCUT2D eigenvalue weighted by Gasteiger charge is 2.17. The molecule has 1 unspecified atom stereocenters. The minimum Gasteiger partial charge on any atom is -0.507 e. The van der Waals surface area contributed by atoms with Crippen molar-refractivity contribution in [3.8, 4) is 5.75 Å². The molecule has 0 fully saturated rings. The van der Waals surface area contributed by atoms with Crippen LogP contribution in [0.3, 0.4) is 0 Å². The number of rotatable bonds is 1. The van der Waals surface area contributed by atoms with Gasteiger partial charge in [-0.2, -0.15) is 0 Å². The molecule has 1 aromatic carbocycles. The summed E-state index contributed by atoms with van der Waals surface area (Å²) in [5.74, 6) is 0.332. The molecule has 0 bridgehead atoms. The van der Waals surface area contributed by atoms with Crippen LogP contribution in [0.5, 0.6) is 5.75 Å². The van der Waals surface area contributed by atoms with Crippen LogP contribution in [0.1, 0.15) is 35.2 Å². The van der Waals surface area contributed by atoms with Crippen LogP contribution in [0.25, 0.3) is 0 Å². The van der Waals surface area contributed by atoms with Crippen LogP contribution >= 0.6 is 15.9 Å². The topological polar surface area (TPSA) is 46.2 Å². The second kappa shape index (κ2) is 3.91. The number of phenols is 1. The maximum absolute atomic E-state index is 9.95. The molecule has 0 spiro atoms. The maximum Gasteiger partial charge on any atom is 0.123 e. The van der Waals surface area contributed by atoms with Gasteiger partial charge in [0.1, 0.15) is 5.75 Å². The van der Waals surface area contributed by atoms with Crippen LogP contribution in [-0.2, 0) is 0 Å². The van der Waals surface area contributed by atoms with Crippen LogP contribution in [-0.4, -0.2) is 5.11 Å². The summed E-state index contributed by atoms with van der Waals surface area (Å²) in [6.07, 6.45) is 0. The van der Waals surface area contributed by atoms with Crippen molar-refractivity contribution in [2.75, 3.05) is 0 Å². The molecule has 0 heterocycles. The Hall–Kier alpha value is -0.540. The summed E-state index contributed by atoms with van der Waals surface area (Å²) in [6, 6.07) is -0.148. The lowest BCUT2D eigenvalue weighted by atomic mass is 9.95. The summed E-state index contributed by atoms with van der Waals surface area (Å²) in [5, 5.41) is 9.95. The van der Waals surface area contributed by atoms with Crippen LogP contribution < -0.4 is 5.73 Å². The van der Waals surface area contributed by atoms with Crippen molar-refractivity contribution in [1.29, 1.82) is 0 Å². The van der Waals surface area contributed by atoms with Crippen LogP contribution in [0.2, 0.25) is 0 Å². The number of phenolic OH excluding ortho intramolecular Hbond substituents is 1. The Morgan fingerprint density at radius 1 is 1.14 bits per heavy atom. The van der Waals surface area contributed by atoms with Gasteiger partial charge >= 0.3 is 0 Å². The van der Waals surface area contributed by atoms with Crippen LogP contribution in [0.4, 0.5) is 0 Å². The molecule has 3 heteroatoms. The molecule has 0 aromatic heterocycles. The fourth-order valence-corrected chi connectivity index (χ4v) is 2.19. The van der Waals surface area contributed by atoms with E-state index < -0.39 is 0 Å². The number of aromatic hydroxyl groups is 1. The second-order valence-corrected chi connectivity index (χ2v) is 4.53. The Balaban J connectivity index is 3.60. The maximum atomic E-state index is 9.95. The average molecular weight is 258 g/mol. The van der Waals surface area contributed by atoms with Crippen molar-refractivity contribution < 1.29 is 5.11 Å². The molecule has 0 saturated heterocycles. The fraction of sp³-hybridized carbons (Fsp3) is 0.455. The zero-order chi connectivity index (χ0) is 11.0. The third kappa shape index (κ3) is 1.66. The molecule has 1 rings (SSSR count). The summed E-state index contributed by atoms with van der Waals surface area (Å²) >= 11 is 3.52. The third-order valence-electron chi connectivity index (χ3n) is 2.69. The first-order valence-electron chi connectivity index (χ1n) is 4.61. The van der Waals surface area contributed by atoms with Gasteiger partial charge in [0.2, 0.25) is 0 Å². The average Bonchev–Trinajstić information content (AvgIpc) is 2.11. The fourth-order valence-electron chi connectivity index (χ4n) is 1.68. The van der Waals surface area contributed by atoms with Gasteiger partial charge in [0.05, 0.1) is 0 Å². The van der Waals surface area contributed by atoms with E-state index in [0.29, 0.717) is 5.75 Å². The predicted octanol–water partition coefficient (Wildman–Crippen LogP) is 3.10. The quantitative estimate of drug-likeness (QED) is 0.813. The lowest BCUT2D eigenvalue weighted by Crippen LogP contribution is -2.09. The minimum absolute atomic E-state index is 0.148. The van der Waals surface area contributed by atoms with E-state index in [-0.39, 0.29) is 6.04 Å². The standard InChI is InChI=1S/C11H16BrNO/c1-5-6(2)11(14)9(8(4)13)7(3)10(5)12/h8,14H,13H2,1-4H3. The van der Waals surface area contributed by atoms with Gasteiger partial charge in [-0.1, -0.05) is 15.9 Å². The Kier molecular flexibility index (Phi) is 3.22. The number of benzene rings is 1. The Morgan fingerprint density at radius 2 is 1.64 bits per heavy atom. The van der Waals surface area contributed by atoms with Crippen molar-refractivity contribution in [2.24, 2.45) is 5.73 Å². The van der Waals surface area contributed by atoms with Crippen LogP contribution in [0.15, 0.2) is 4.47 Å². The Morgan fingerprint density at radius 3 is 2.07 bits per heavy atom. The van der Waals surface area contributed by atoms with Gasteiger partial charge in [0.15, 0.2) is 0 Å². The molecule has 0 aliphatic carbocycles. The highest BCUT2D eigenvalue weighted by Crippen LogP contribution is 2.37. The van der Waals surface area contributed by atoms with Gasteiger partial charge in [0, 0.05) is 16.1 Å². The highest BCUT2D eigenvalue weighted by molar-refractivity contribution is 9.10. The second-order valence-electron chi connectivity index (χ2n) is 3.74. The minimum atomic E-state index is -0.148. The predicted molar refractivity (Wildman–Crippen MR) is 62.6 cm³/mol. The van der Waals surface area contributed by atoms with E-state index in [9.17, 15) is 5.11 Å². The van der Waals surface area contributed by atoms with Crippen molar-refractivity contribution in [1.82, 2.24) is 0 Å². The molecule has 14 heavy (non-hydrogen) atoms. The van der Waals surface area contributed by atoms with Gasteiger partial charge in [-0.15, -0.1) is 0 Å². The summed E-state index contributed by atoms with van der Waals surface area (Å²) < 4.78 is 1.04. The van der Waals surface area contributed by atoms with E-state index in [4.69, 9.17) is 5.73 Å². The van der Waals surface area contributed by atoms with E-state index in [1.54, 1.807) is 0 Å². The van der Waals surface area contributed by atoms with Gasteiger partial charge in [-0.25, -0.2) is 0 Å². The number of hydrogen-bond donors (Lipinski definition) is 2. The first-order valence-corrected chi connectivity index (χ1v) is 5.40. The van der Waals surface area contributed by atoms with Crippen LogP contribution in [0, 0.1) is 20.8 Å². The lowest BCUT2D eigenvalue weighted by Gasteiger charge is -2.18. The van der Waals surface area contributed by atoms with Gasteiger partial charge in [-0.05, 0) is 44.4 Å². The van der Waals surface area contributed by atoms with E-state index in [1.807, 2.05) is 27.7 Å². The van der Waals surface area contributed by atoms with E-state index in [0.717, 1.165) is 26.7 Å². The molecular formula is C11H16BrNO. The molecule has 0 saturated carbocycles. The molecule has 0 aliphatic heterocycles. The molecule has 78 valence electrons. The molecule has 0 radical (unpaired) electrons. The van der Waals surface area contributed by atoms with Crippen molar-refractivity contribution >= 4 is 15.9 Å². The summed E-state index contributed by atoms with van der Waals surface area (Å²) in [7, 11) is 0. The Labute approximate surface area is 93.3 Å². The van der Waals surface area contributed by atoms with Crippen molar-refractivity contribution in [3.05, 3.63) is 26.7 Å². The molecule has 3 N–H and O–H groups in total. The van der Waals surface area contributed by atoms with Gasteiger partial charge < -0.3 is 10.8 Å². The van der Waals surface area contributed by atoms with Crippen molar-refractivity contribution in [3.63, 3.8) is 0 Å². The number of halogens is 1. The molecular weight excluding hydrogens is 242 g/mol. The number of nitrogens with two attached hydrogens (primary N) is 1. The lowest BCUT2D eigenvalue weighted by molar-refractivity contribution is 0.458. The first-order chi connectivity index (χ1) is 6.37. The monoisotopic (exact) mass is 257 g/mol. The smallest absolute Gasteiger partial charge is 0.123 e. The SMILES string of the molecule is Cc1c(C)c(Br)c(C)c(C(C)N)c1O. The summed E-state index contributed by atoms with van der Waals surface area (Å²) in [6.45, 7) is 7.73. The molecule has 0 aliphatic rings. The molecule has 0 amide bonds. The van der Waals surface area contributed by atoms with Crippen molar-refractivity contribution in [2.45, 2.75) is 33.7 Å². The molecule has 2 nitrogen and oxygen atoms in total. The zero-order valence-corrected chi connectivity index (χ0v) is 10.6. The van der Waals surface area contributed by atoms with E-state index >= 15 is 0 Å². The molecule has 1 aromatic rings. The first kappa shape index (κ1) is 11.5. The summed E-state index contributed by atoms with van der Waals surface area (Å²) in [5.41, 5.74) is 9.66. The molecule has 1 atom stereocenters. The Bertz CT molecular complexity index is 343. The van der Waals surface area contributed by atoms with E-state index in [1.165, 1.54) is 0 Å². The van der Waals surface area contributed by atoms with Gasteiger partial charge in [-0.3, -0.25) is 0 Å². The zero-order valence-electron chi connectivity index (χ0n) is 8.98. The summed E-state index contributed by atoms with van der Waals surface area (Å²) in [4.78, 5) is 0. The normalized spacial score (nSPS) is 13.0. The largest absolute Gasteiger partial charge is 0.507 e. The third-order valence-corrected chi connectivity index (χ3v) is 3.88. The highest BCUT2D eigenvalue weighted by atomic mass is 79.9. The number of hydrogen-bond acceptors (Lipinski definition) is 2. The van der Waals surface area contributed by atoms with E-state index in [2.05, 4.69) is 15.9 Å².